The molecule has 1 aromatic rings. The Bertz CT molecular complexity index is 268. The fraction of sp³-hybridized carbons (Fsp3) is 0.700. The molecule has 1 aromatic heterocycles. The van der Waals surface area contributed by atoms with Gasteiger partial charge in [0.25, 0.3) is 0 Å². The number of nitrogens with zero attached hydrogens (tertiary/aromatic N) is 1. The van der Waals surface area contributed by atoms with Crippen molar-refractivity contribution in [2.24, 2.45) is 0 Å². The van der Waals surface area contributed by atoms with Crippen molar-refractivity contribution in [1.82, 2.24) is 10.3 Å². The van der Waals surface area contributed by atoms with Crippen LogP contribution in [-0.4, -0.2) is 23.7 Å². The lowest BCUT2D eigenvalue weighted by Gasteiger charge is -2.34. The number of hydrogen-bond acceptors (Lipinski definition) is 4. The molecule has 1 unspecified atom stereocenters. The molecule has 1 fully saturated rings. The summed E-state index contributed by atoms with van der Waals surface area (Å²) in [7, 11) is 0. The summed E-state index contributed by atoms with van der Waals surface area (Å²) in [6, 6.07) is 0. The summed E-state index contributed by atoms with van der Waals surface area (Å²) in [6.45, 7) is 4.81. The highest BCUT2D eigenvalue weighted by atomic mass is 32.1. The van der Waals surface area contributed by atoms with E-state index in [0.717, 1.165) is 31.2 Å². The van der Waals surface area contributed by atoms with E-state index >= 15 is 0 Å². The standard InChI is InChI=1S/C10H16N2OS/c1-10(3-2-5-13-8-10)12-7-9-11-4-6-14-9/h4,6,12H,2-3,5,7-8H2,1H3. The van der Waals surface area contributed by atoms with Gasteiger partial charge in [0.1, 0.15) is 5.01 Å². The minimum absolute atomic E-state index is 0.143. The molecular weight excluding hydrogens is 196 g/mol. The maximum Gasteiger partial charge on any atom is 0.106 e. The summed E-state index contributed by atoms with van der Waals surface area (Å²) in [4.78, 5) is 4.25. The van der Waals surface area contributed by atoms with E-state index in [-0.39, 0.29) is 5.54 Å². The zero-order valence-electron chi connectivity index (χ0n) is 8.45. The molecule has 2 heterocycles. The summed E-state index contributed by atoms with van der Waals surface area (Å²) >= 11 is 1.70. The maximum absolute atomic E-state index is 5.48. The zero-order chi connectivity index (χ0) is 9.86. The van der Waals surface area contributed by atoms with Gasteiger partial charge < -0.3 is 10.1 Å². The average molecular weight is 212 g/mol. The van der Waals surface area contributed by atoms with E-state index in [2.05, 4.69) is 17.2 Å². The lowest BCUT2D eigenvalue weighted by atomic mass is 9.95. The van der Waals surface area contributed by atoms with Crippen LogP contribution in [0.3, 0.4) is 0 Å². The van der Waals surface area contributed by atoms with Crippen molar-refractivity contribution in [1.29, 1.82) is 0 Å². The van der Waals surface area contributed by atoms with E-state index in [0.29, 0.717) is 0 Å². The molecular formula is C10H16N2OS. The highest BCUT2D eigenvalue weighted by Crippen LogP contribution is 2.19. The molecule has 0 radical (unpaired) electrons. The number of ether oxygens (including phenoxy) is 1. The van der Waals surface area contributed by atoms with Gasteiger partial charge in [0.05, 0.1) is 6.61 Å². The Labute approximate surface area is 88.5 Å². The Morgan fingerprint density at radius 1 is 1.71 bits per heavy atom. The van der Waals surface area contributed by atoms with E-state index in [9.17, 15) is 0 Å². The molecule has 4 heteroatoms. The first-order valence-electron chi connectivity index (χ1n) is 5.00. The van der Waals surface area contributed by atoms with Crippen LogP contribution in [0.15, 0.2) is 11.6 Å². The largest absolute Gasteiger partial charge is 0.380 e. The first-order chi connectivity index (χ1) is 6.79. The SMILES string of the molecule is CC1(NCc2nccs2)CCCOC1. The van der Waals surface area contributed by atoms with Crippen molar-refractivity contribution < 1.29 is 4.74 Å². The van der Waals surface area contributed by atoms with Gasteiger partial charge in [0, 0.05) is 30.3 Å². The second-order valence-electron chi connectivity index (χ2n) is 4.00. The molecule has 0 spiro atoms. The van der Waals surface area contributed by atoms with Crippen molar-refractivity contribution in [3.63, 3.8) is 0 Å². The number of nitrogens with one attached hydrogen (secondary N) is 1. The average Bonchev–Trinajstić information content (AvgIpc) is 2.69. The van der Waals surface area contributed by atoms with Crippen molar-refractivity contribution in [2.45, 2.75) is 31.8 Å². The fourth-order valence-electron chi connectivity index (χ4n) is 1.70. The van der Waals surface area contributed by atoms with Crippen molar-refractivity contribution in [3.05, 3.63) is 16.6 Å². The number of thiazole rings is 1. The normalized spacial score (nSPS) is 27.8. The Balaban J connectivity index is 1.84. The van der Waals surface area contributed by atoms with Gasteiger partial charge in [-0.2, -0.15) is 0 Å². The number of aromatic nitrogens is 1. The second-order valence-corrected chi connectivity index (χ2v) is 4.98. The van der Waals surface area contributed by atoms with Crippen LogP contribution in [0, 0.1) is 0 Å². The van der Waals surface area contributed by atoms with Gasteiger partial charge in [0.15, 0.2) is 0 Å². The Kier molecular flexibility index (Phi) is 3.15. The number of rotatable bonds is 3. The molecule has 3 nitrogen and oxygen atoms in total. The molecule has 0 bridgehead atoms. The van der Waals surface area contributed by atoms with Crippen molar-refractivity contribution >= 4 is 11.3 Å². The summed E-state index contributed by atoms with van der Waals surface area (Å²) in [6.07, 6.45) is 4.20. The van der Waals surface area contributed by atoms with Crippen LogP contribution in [0.5, 0.6) is 0 Å². The molecule has 78 valence electrons. The Morgan fingerprint density at radius 3 is 3.29 bits per heavy atom. The van der Waals surface area contributed by atoms with Gasteiger partial charge in [0.2, 0.25) is 0 Å². The highest BCUT2D eigenvalue weighted by molar-refractivity contribution is 7.09. The topological polar surface area (TPSA) is 34.2 Å². The second kappa shape index (κ2) is 4.38. The summed E-state index contributed by atoms with van der Waals surface area (Å²) in [5.41, 5.74) is 0.143. The molecule has 1 aliphatic heterocycles. The van der Waals surface area contributed by atoms with Crippen LogP contribution in [0.25, 0.3) is 0 Å². The molecule has 1 N–H and O–H groups in total. The van der Waals surface area contributed by atoms with Gasteiger partial charge in [-0.25, -0.2) is 4.98 Å². The van der Waals surface area contributed by atoms with E-state index in [4.69, 9.17) is 4.74 Å². The fourth-order valence-corrected chi connectivity index (χ4v) is 2.26. The lowest BCUT2D eigenvalue weighted by Crippen LogP contribution is -2.48. The van der Waals surface area contributed by atoms with Crippen LogP contribution in [0.1, 0.15) is 24.8 Å². The van der Waals surface area contributed by atoms with Crippen LogP contribution in [0.2, 0.25) is 0 Å². The molecule has 14 heavy (non-hydrogen) atoms. The summed E-state index contributed by atoms with van der Waals surface area (Å²) in [5, 5.41) is 6.68. The first kappa shape index (κ1) is 10.1. The van der Waals surface area contributed by atoms with Crippen molar-refractivity contribution in [2.75, 3.05) is 13.2 Å². The maximum atomic E-state index is 5.48. The van der Waals surface area contributed by atoms with Crippen LogP contribution < -0.4 is 5.32 Å². The molecule has 0 amide bonds. The van der Waals surface area contributed by atoms with E-state index < -0.39 is 0 Å². The van der Waals surface area contributed by atoms with E-state index in [1.807, 2.05) is 11.6 Å². The first-order valence-corrected chi connectivity index (χ1v) is 5.88. The predicted molar refractivity (Wildman–Crippen MR) is 57.4 cm³/mol. The van der Waals surface area contributed by atoms with Gasteiger partial charge >= 0.3 is 0 Å². The van der Waals surface area contributed by atoms with Gasteiger partial charge in [-0.3, -0.25) is 0 Å². The summed E-state index contributed by atoms with van der Waals surface area (Å²) in [5.74, 6) is 0. The third-order valence-corrected chi connectivity index (χ3v) is 3.37. The van der Waals surface area contributed by atoms with E-state index in [1.165, 1.54) is 6.42 Å². The quantitative estimate of drug-likeness (QED) is 0.829. The van der Waals surface area contributed by atoms with Crippen LogP contribution >= 0.6 is 11.3 Å². The van der Waals surface area contributed by atoms with Crippen LogP contribution in [-0.2, 0) is 11.3 Å². The third-order valence-electron chi connectivity index (χ3n) is 2.59. The Hall–Kier alpha value is -0.450. The molecule has 1 saturated heterocycles. The van der Waals surface area contributed by atoms with Crippen LogP contribution in [0.4, 0.5) is 0 Å². The number of hydrogen-bond donors (Lipinski definition) is 1. The third kappa shape index (κ3) is 2.53. The smallest absolute Gasteiger partial charge is 0.106 e. The molecule has 0 aromatic carbocycles. The molecule has 0 aliphatic carbocycles. The van der Waals surface area contributed by atoms with E-state index in [1.54, 1.807) is 11.3 Å². The Morgan fingerprint density at radius 2 is 2.64 bits per heavy atom. The highest BCUT2D eigenvalue weighted by Gasteiger charge is 2.26. The molecule has 1 atom stereocenters. The molecule has 1 aliphatic rings. The van der Waals surface area contributed by atoms with Gasteiger partial charge in [-0.05, 0) is 19.8 Å². The molecule has 0 saturated carbocycles. The monoisotopic (exact) mass is 212 g/mol. The minimum Gasteiger partial charge on any atom is -0.380 e. The van der Waals surface area contributed by atoms with Crippen molar-refractivity contribution in [3.8, 4) is 0 Å². The minimum atomic E-state index is 0.143. The molecule has 2 rings (SSSR count). The zero-order valence-corrected chi connectivity index (χ0v) is 9.27. The summed E-state index contributed by atoms with van der Waals surface area (Å²) < 4.78 is 5.48. The van der Waals surface area contributed by atoms with Gasteiger partial charge in [-0.1, -0.05) is 0 Å². The van der Waals surface area contributed by atoms with Gasteiger partial charge in [-0.15, -0.1) is 11.3 Å². The predicted octanol–water partition coefficient (Wildman–Crippen LogP) is 1.80. The lowest BCUT2D eigenvalue weighted by molar-refractivity contribution is 0.0278.